The highest BCUT2D eigenvalue weighted by Gasteiger charge is 2.21. The smallest absolute Gasteiger partial charge is 0.387 e. The largest absolute Gasteiger partial charge is 0.435 e. The Morgan fingerprint density at radius 3 is 2.36 bits per heavy atom. The van der Waals surface area contributed by atoms with Crippen LogP contribution in [0.15, 0.2) is 24.3 Å². The molecule has 0 radical (unpaired) electrons. The van der Waals surface area contributed by atoms with E-state index in [2.05, 4.69) is 15.0 Å². The van der Waals surface area contributed by atoms with Crippen molar-refractivity contribution in [1.29, 1.82) is 0 Å². The summed E-state index contributed by atoms with van der Waals surface area (Å²) in [5.41, 5.74) is 0.705. The van der Waals surface area contributed by atoms with E-state index in [9.17, 15) is 13.6 Å². The molecule has 0 aromatic heterocycles. The lowest BCUT2D eigenvalue weighted by molar-refractivity contribution is -0.130. The van der Waals surface area contributed by atoms with E-state index in [-0.39, 0.29) is 11.7 Å². The molecule has 0 spiro atoms. The highest BCUT2D eigenvalue weighted by molar-refractivity contribution is 7.80. The van der Waals surface area contributed by atoms with Gasteiger partial charge in [-0.25, -0.2) is 0 Å². The summed E-state index contributed by atoms with van der Waals surface area (Å²) in [4.78, 5) is 17.4. The van der Waals surface area contributed by atoms with Gasteiger partial charge in [-0.3, -0.25) is 9.69 Å². The molecule has 6 nitrogen and oxygen atoms in total. The number of amides is 1. The number of hydrogen-bond donors (Lipinski definition) is 1. The van der Waals surface area contributed by atoms with E-state index in [0.717, 1.165) is 26.2 Å². The van der Waals surface area contributed by atoms with Gasteiger partial charge in [-0.1, -0.05) is 0 Å². The first-order valence-electron chi connectivity index (χ1n) is 7.88. The van der Waals surface area contributed by atoms with E-state index >= 15 is 0 Å². The number of halogens is 2. The fourth-order valence-corrected chi connectivity index (χ4v) is 2.66. The number of carbonyl (C=O) groups excluding carboxylic acids is 1. The number of benzene rings is 1. The van der Waals surface area contributed by atoms with Gasteiger partial charge in [-0.05, 0) is 36.5 Å². The summed E-state index contributed by atoms with van der Waals surface area (Å²) >= 11 is 5.40. The van der Waals surface area contributed by atoms with Gasteiger partial charge in [-0.15, -0.1) is 0 Å². The molecule has 1 heterocycles. The van der Waals surface area contributed by atoms with E-state index in [1.54, 1.807) is 31.1 Å². The van der Waals surface area contributed by atoms with E-state index in [0.29, 0.717) is 17.3 Å². The molecule has 0 unspecified atom stereocenters. The quantitative estimate of drug-likeness (QED) is 0.794. The van der Waals surface area contributed by atoms with Crippen LogP contribution in [0.4, 0.5) is 14.5 Å². The van der Waals surface area contributed by atoms with Crippen LogP contribution in [-0.2, 0) is 4.79 Å². The molecule has 0 aliphatic carbocycles. The van der Waals surface area contributed by atoms with Crippen LogP contribution < -0.4 is 10.1 Å². The molecule has 1 fully saturated rings. The Bertz CT molecular complexity index is 590. The maximum atomic E-state index is 12.1. The highest BCUT2D eigenvalue weighted by Crippen LogP contribution is 2.18. The summed E-state index contributed by atoms with van der Waals surface area (Å²) in [6.07, 6.45) is 0. The maximum absolute atomic E-state index is 12.1. The topological polar surface area (TPSA) is 48.1 Å². The third kappa shape index (κ3) is 6.09. The molecular weight excluding hydrogens is 350 g/mol. The Hall–Kier alpha value is -2.00. The Morgan fingerprint density at radius 2 is 1.84 bits per heavy atom. The SMILES string of the molecule is CN(C)C(=O)CN1CCN(C(=S)Nc2ccc(OC(F)F)cc2)CC1. The molecule has 2 rings (SSSR count). The van der Waals surface area contributed by atoms with Gasteiger partial charge in [-0.2, -0.15) is 8.78 Å². The number of likely N-dealkylation sites (N-methyl/N-ethyl adjacent to an activating group) is 1. The number of anilines is 1. The first-order valence-corrected chi connectivity index (χ1v) is 8.29. The first kappa shape index (κ1) is 19.3. The summed E-state index contributed by atoms with van der Waals surface area (Å²) in [6, 6.07) is 6.19. The first-order chi connectivity index (χ1) is 11.8. The van der Waals surface area contributed by atoms with E-state index < -0.39 is 6.61 Å². The lowest BCUT2D eigenvalue weighted by atomic mass is 10.3. The fraction of sp³-hybridized carbons (Fsp3) is 0.500. The average molecular weight is 372 g/mol. The second-order valence-corrected chi connectivity index (χ2v) is 6.27. The van der Waals surface area contributed by atoms with Gasteiger partial charge in [0.1, 0.15) is 5.75 Å². The minimum atomic E-state index is -2.84. The van der Waals surface area contributed by atoms with Crippen LogP contribution in [0.1, 0.15) is 0 Å². The van der Waals surface area contributed by atoms with E-state index in [4.69, 9.17) is 12.2 Å². The average Bonchev–Trinajstić information content (AvgIpc) is 2.56. The molecule has 1 aliphatic heterocycles. The normalized spacial score (nSPS) is 15.2. The van der Waals surface area contributed by atoms with Crippen LogP contribution in [0.2, 0.25) is 0 Å². The summed E-state index contributed by atoms with van der Waals surface area (Å²) < 4.78 is 28.6. The standard InChI is InChI=1S/C16H22F2N4O2S/c1-20(2)14(23)11-21-7-9-22(10-8-21)16(25)19-12-3-5-13(6-4-12)24-15(17)18/h3-6,15H,7-11H2,1-2H3,(H,19,25). The third-order valence-corrected chi connectivity index (χ3v) is 4.21. The number of alkyl halides is 2. The number of thiocarbonyl (C=S) groups is 1. The molecule has 1 amide bonds. The zero-order chi connectivity index (χ0) is 18.4. The molecule has 0 bridgehead atoms. The van der Waals surface area contributed by atoms with Crippen LogP contribution in [0.5, 0.6) is 5.75 Å². The monoisotopic (exact) mass is 372 g/mol. The number of nitrogens with zero attached hydrogens (tertiary/aromatic N) is 3. The van der Waals surface area contributed by atoms with Gasteiger partial charge in [0.2, 0.25) is 5.91 Å². The molecule has 1 aromatic carbocycles. The Kier molecular flexibility index (Phi) is 6.89. The number of nitrogens with one attached hydrogen (secondary N) is 1. The van der Waals surface area contributed by atoms with Gasteiger partial charge in [0.15, 0.2) is 5.11 Å². The van der Waals surface area contributed by atoms with Crippen molar-refractivity contribution in [3.63, 3.8) is 0 Å². The van der Waals surface area contributed by atoms with Crippen molar-refractivity contribution in [1.82, 2.24) is 14.7 Å². The Balaban J connectivity index is 1.79. The number of ether oxygens (including phenoxy) is 1. The molecule has 1 N–H and O–H groups in total. The number of carbonyl (C=O) groups is 1. The van der Waals surface area contributed by atoms with Crippen molar-refractivity contribution in [2.45, 2.75) is 6.61 Å². The molecule has 1 aromatic rings. The van der Waals surface area contributed by atoms with Crippen LogP contribution in [-0.4, -0.2) is 79.1 Å². The summed E-state index contributed by atoms with van der Waals surface area (Å²) in [5.74, 6) is 0.186. The second kappa shape index (κ2) is 8.91. The number of hydrogen-bond acceptors (Lipinski definition) is 4. The van der Waals surface area contributed by atoms with Crippen LogP contribution in [0.3, 0.4) is 0 Å². The molecule has 0 saturated carbocycles. The zero-order valence-electron chi connectivity index (χ0n) is 14.2. The Morgan fingerprint density at radius 1 is 1.24 bits per heavy atom. The second-order valence-electron chi connectivity index (χ2n) is 5.88. The van der Waals surface area contributed by atoms with Crippen molar-refractivity contribution < 1.29 is 18.3 Å². The van der Waals surface area contributed by atoms with Crippen molar-refractivity contribution in [3.8, 4) is 5.75 Å². The molecule has 1 aliphatic rings. The highest BCUT2D eigenvalue weighted by atomic mass is 32.1. The van der Waals surface area contributed by atoms with Crippen molar-refractivity contribution in [2.24, 2.45) is 0 Å². The zero-order valence-corrected chi connectivity index (χ0v) is 15.1. The Labute approximate surface area is 151 Å². The van der Waals surface area contributed by atoms with Gasteiger partial charge < -0.3 is 19.9 Å². The van der Waals surface area contributed by atoms with E-state index in [1.165, 1.54) is 12.1 Å². The van der Waals surface area contributed by atoms with Crippen LogP contribution in [0, 0.1) is 0 Å². The number of rotatable bonds is 5. The fourth-order valence-electron chi connectivity index (χ4n) is 2.36. The molecule has 9 heteroatoms. The van der Waals surface area contributed by atoms with Crippen LogP contribution in [0.25, 0.3) is 0 Å². The summed E-state index contributed by atoms with van der Waals surface area (Å²) in [6.45, 7) is 0.520. The lowest BCUT2D eigenvalue weighted by Gasteiger charge is -2.36. The summed E-state index contributed by atoms with van der Waals surface area (Å²) in [5, 5.41) is 3.66. The molecular formula is C16H22F2N4O2S. The maximum Gasteiger partial charge on any atom is 0.387 e. The van der Waals surface area contributed by atoms with E-state index in [1.807, 2.05) is 4.90 Å². The minimum Gasteiger partial charge on any atom is -0.435 e. The molecule has 138 valence electrons. The predicted molar refractivity (Wildman–Crippen MR) is 96.0 cm³/mol. The van der Waals surface area contributed by atoms with Gasteiger partial charge in [0.05, 0.1) is 6.54 Å². The number of piperazine rings is 1. The van der Waals surface area contributed by atoms with Crippen molar-refractivity contribution >= 4 is 28.9 Å². The minimum absolute atomic E-state index is 0.0836. The predicted octanol–water partition coefficient (Wildman–Crippen LogP) is 1.69. The van der Waals surface area contributed by atoms with Crippen molar-refractivity contribution in [3.05, 3.63) is 24.3 Å². The lowest BCUT2D eigenvalue weighted by Crippen LogP contribution is -2.51. The molecule has 1 saturated heterocycles. The van der Waals surface area contributed by atoms with Crippen molar-refractivity contribution in [2.75, 3.05) is 52.1 Å². The third-order valence-electron chi connectivity index (χ3n) is 3.85. The summed E-state index contributed by atoms with van der Waals surface area (Å²) in [7, 11) is 3.49. The van der Waals surface area contributed by atoms with Crippen LogP contribution >= 0.6 is 12.2 Å². The molecule has 25 heavy (non-hydrogen) atoms. The van der Waals surface area contributed by atoms with Gasteiger partial charge in [0.25, 0.3) is 0 Å². The van der Waals surface area contributed by atoms with Gasteiger partial charge in [0, 0.05) is 46.0 Å². The molecule has 0 atom stereocenters. The van der Waals surface area contributed by atoms with Gasteiger partial charge >= 0.3 is 6.61 Å².